The first-order chi connectivity index (χ1) is 8.72. The molecule has 4 heteroatoms. The lowest BCUT2D eigenvalue weighted by Crippen LogP contribution is -2.47. The zero-order valence-corrected chi connectivity index (χ0v) is 12.5. The molecule has 0 heterocycles. The highest BCUT2D eigenvalue weighted by Crippen LogP contribution is 2.21. The lowest BCUT2D eigenvalue weighted by molar-refractivity contribution is 0.0885. The van der Waals surface area contributed by atoms with Gasteiger partial charge >= 0.3 is 0 Å². The molecule has 1 aromatic rings. The number of nitrogens with zero attached hydrogens (tertiary/aromatic N) is 1. The molecule has 1 aromatic carbocycles. The molecule has 0 radical (unpaired) electrons. The van der Waals surface area contributed by atoms with Crippen LogP contribution < -0.4 is 11.1 Å². The summed E-state index contributed by atoms with van der Waals surface area (Å²) in [6, 6.07) is 7.11. The van der Waals surface area contributed by atoms with Crippen molar-refractivity contribution in [3.63, 3.8) is 0 Å². The van der Waals surface area contributed by atoms with E-state index in [-0.39, 0.29) is 17.4 Å². The molecular weight excluding hydrogens is 238 g/mol. The van der Waals surface area contributed by atoms with Crippen LogP contribution in [0.3, 0.4) is 0 Å². The van der Waals surface area contributed by atoms with E-state index in [4.69, 9.17) is 5.73 Å². The van der Waals surface area contributed by atoms with Crippen LogP contribution in [-0.2, 0) is 0 Å². The number of hydrogen-bond donors (Lipinski definition) is 2. The van der Waals surface area contributed by atoms with Crippen molar-refractivity contribution in [3.05, 3.63) is 29.8 Å². The Bertz CT molecular complexity index is 441. The zero-order chi connectivity index (χ0) is 14.6. The minimum atomic E-state index is -0.0772. The Morgan fingerprint density at radius 3 is 2.58 bits per heavy atom. The summed E-state index contributed by atoms with van der Waals surface area (Å²) in [6.07, 6.45) is 0. The molecule has 0 spiro atoms. The molecule has 1 unspecified atom stereocenters. The smallest absolute Gasteiger partial charge is 0.251 e. The summed E-state index contributed by atoms with van der Waals surface area (Å²) in [7, 11) is 4.07. The normalized spacial score (nSPS) is 13.4. The van der Waals surface area contributed by atoms with Crippen molar-refractivity contribution >= 4 is 11.6 Å². The van der Waals surface area contributed by atoms with Gasteiger partial charge in [-0.05, 0) is 44.6 Å². The Morgan fingerprint density at radius 1 is 1.42 bits per heavy atom. The van der Waals surface area contributed by atoms with Crippen molar-refractivity contribution in [2.75, 3.05) is 26.4 Å². The SMILES string of the molecule is CC(NC(=O)c1cccc(N)c1)C(C)(C)CN(C)C. The van der Waals surface area contributed by atoms with E-state index in [1.807, 2.05) is 21.0 Å². The molecule has 0 saturated heterocycles. The predicted molar refractivity (Wildman–Crippen MR) is 80.1 cm³/mol. The van der Waals surface area contributed by atoms with Crippen LogP contribution in [0, 0.1) is 5.41 Å². The maximum Gasteiger partial charge on any atom is 0.251 e. The van der Waals surface area contributed by atoms with Crippen molar-refractivity contribution < 1.29 is 4.79 Å². The number of amides is 1. The van der Waals surface area contributed by atoms with Gasteiger partial charge in [-0.1, -0.05) is 19.9 Å². The van der Waals surface area contributed by atoms with Crippen molar-refractivity contribution in [1.82, 2.24) is 10.2 Å². The molecule has 0 aliphatic carbocycles. The van der Waals surface area contributed by atoms with E-state index in [0.717, 1.165) is 6.54 Å². The van der Waals surface area contributed by atoms with Crippen LogP contribution in [0.15, 0.2) is 24.3 Å². The second-order valence-corrected chi connectivity index (χ2v) is 6.05. The first-order valence-corrected chi connectivity index (χ1v) is 6.53. The van der Waals surface area contributed by atoms with Crippen LogP contribution in [0.4, 0.5) is 5.69 Å². The third kappa shape index (κ3) is 4.56. The molecule has 106 valence electrons. The summed E-state index contributed by atoms with van der Waals surface area (Å²) in [5, 5.41) is 3.05. The third-order valence-corrected chi connectivity index (χ3v) is 3.39. The van der Waals surface area contributed by atoms with Crippen LogP contribution in [0.5, 0.6) is 0 Å². The fourth-order valence-electron chi connectivity index (χ4n) is 2.11. The number of carbonyl (C=O) groups excluding carboxylic acids is 1. The number of carbonyl (C=O) groups is 1. The molecule has 19 heavy (non-hydrogen) atoms. The Morgan fingerprint density at radius 2 is 2.05 bits per heavy atom. The predicted octanol–water partition coefficient (Wildman–Crippen LogP) is 1.97. The van der Waals surface area contributed by atoms with Crippen molar-refractivity contribution in [2.24, 2.45) is 5.41 Å². The van der Waals surface area contributed by atoms with E-state index in [2.05, 4.69) is 24.1 Å². The maximum atomic E-state index is 12.2. The minimum Gasteiger partial charge on any atom is -0.399 e. The van der Waals surface area contributed by atoms with Crippen molar-refractivity contribution in [3.8, 4) is 0 Å². The number of hydrogen-bond acceptors (Lipinski definition) is 3. The Kier molecular flexibility index (Phi) is 4.95. The highest BCUT2D eigenvalue weighted by atomic mass is 16.1. The largest absolute Gasteiger partial charge is 0.399 e. The fourth-order valence-corrected chi connectivity index (χ4v) is 2.11. The van der Waals surface area contributed by atoms with Crippen molar-refractivity contribution in [1.29, 1.82) is 0 Å². The number of nitrogens with two attached hydrogens (primary N) is 1. The van der Waals surface area contributed by atoms with E-state index in [1.165, 1.54) is 0 Å². The number of nitrogens with one attached hydrogen (secondary N) is 1. The third-order valence-electron chi connectivity index (χ3n) is 3.39. The van der Waals surface area contributed by atoms with Gasteiger partial charge in [-0.3, -0.25) is 4.79 Å². The second kappa shape index (κ2) is 6.06. The Hall–Kier alpha value is -1.55. The second-order valence-electron chi connectivity index (χ2n) is 6.05. The molecule has 1 rings (SSSR count). The van der Waals surface area contributed by atoms with Gasteiger partial charge in [-0.15, -0.1) is 0 Å². The molecule has 3 N–H and O–H groups in total. The molecule has 0 aliphatic rings. The van der Waals surface area contributed by atoms with E-state index in [9.17, 15) is 4.79 Å². The van der Waals surface area contributed by atoms with Crippen LogP contribution in [0.25, 0.3) is 0 Å². The molecule has 1 atom stereocenters. The van der Waals surface area contributed by atoms with Gasteiger partial charge in [0, 0.05) is 23.8 Å². The standard InChI is InChI=1S/C15H25N3O/c1-11(15(2,3)10-18(4)5)17-14(19)12-7-6-8-13(16)9-12/h6-9,11H,10,16H2,1-5H3,(H,17,19). The zero-order valence-electron chi connectivity index (χ0n) is 12.5. The quantitative estimate of drug-likeness (QED) is 0.799. The van der Waals surface area contributed by atoms with Gasteiger partial charge in [0.25, 0.3) is 5.91 Å². The van der Waals surface area contributed by atoms with Gasteiger partial charge in [0.1, 0.15) is 0 Å². The minimum absolute atomic E-state index is 0.000511. The number of benzene rings is 1. The lowest BCUT2D eigenvalue weighted by Gasteiger charge is -2.34. The Balaban J connectivity index is 2.71. The van der Waals surface area contributed by atoms with E-state index >= 15 is 0 Å². The molecule has 0 saturated carbocycles. The number of rotatable bonds is 5. The van der Waals surface area contributed by atoms with Crippen LogP contribution in [-0.4, -0.2) is 37.5 Å². The monoisotopic (exact) mass is 263 g/mol. The molecular formula is C15H25N3O. The molecule has 1 amide bonds. The van der Waals surface area contributed by atoms with Gasteiger partial charge in [0.15, 0.2) is 0 Å². The summed E-state index contributed by atoms with van der Waals surface area (Å²) < 4.78 is 0. The van der Waals surface area contributed by atoms with Crippen LogP contribution >= 0.6 is 0 Å². The van der Waals surface area contributed by atoms with E-state index in [1.54, 1.807) is 24.3 Å². The first kappa shape index (κ1) is 15.5. The first-order valence-electron chi connectivity index (χ1n) is 6.53. The van der Waals surface area contributed by atoms with Crippen molar-refractivity contribution in [2.45, 2.75) is 26.8 Å². The van der Waals surface area contributed by atoms with Gasteiger partial charge < -0.3 is 16.0 Å². The van der Waals surface area contributed by atoms with Crippen LogP contribution in [0.2, 0.25) is 0 Å². The number of anilines is 1. The fraction of sp³-hybridized carbons (Fsp3) is 0.533. The summed E-state index contributed by atoms with van der Waals surface area (Å²) in [5.74, 6) is -0.0772. The molecule has 0 aliphatic heterocycles. The van der Waals surface area contributed by atoms with Crippen LogP contribution in [0.1, 0.15) is 31.1 Å². The maximum absolute atomic E-state index is 12.2. The highest BCUT2D eigenvalue weighted by molar-refractivity contribution is 5.95. The molecule has 0 aromatic heterocycles. The highest BCUT2D eigenvalue weighted by Gasteiger charge is 2.28. The van der Waals surface area contributed by atoms with E-state index < -0.39 is 0 Å². The van der Waals surface area contributed by atoms with Gasteiger partial charge in [-0.2, -0.15) is 0 Å². The lowest BCUT2D eigenvalue weighted by atomic mass is 9.84. The molecule has 0 fully saturated rings. The molecule has 0 bridgehead atoms. The molecule has 4 nitrogen and oxygen atoms in total. The van der Waals surface area contributed by atoms with Gasteiger partial charge in [-0.25, -0.2) is 0 Å². The topological polar surface area (TPSA) is 58.4 Å². The van der Waals surface area contributed by atoms with Gasteiger partial charge in [0.2, 0.25) is 0 Å². The summed E-state index contributed by atoms with van der Waals surface area (Å²) in [5.41, 5.74) is 6.90. The average Bonchev–Trinajstić information content (AvgIpc) is 2.27. The summed E-state index contributed by atoms with van der Waals surface area (Å²) in [4.78, 5) is 14.3. The number of nitrogen functional groups attached to an aromatic ring is 1. The van der Waals surface area contributed by atoms with Gasteiger partial charge in [0.05, 0.1) is 0 Å². The summed E-state index contributed by atoms with van der Waals surface area (Å²) >= 11 is 0. The van der Waals surface area contributed by atoms with E-state index in [0.29, 0.717) is 11.3 Å². The average molecular weight is 263 g/mol. The Labute approximate surface area is 116 Å². The summed E-state index contributed by atoms with van der Waals surface area (Å²) in [6.45, 7) is 7.24.